The van der Waals surface area contributed by atoms with Crippen LogP contribution in [-0.2, 0) is 24.4 Å². The molecule has 10 nitrogen and oxygen atoms in total. The molecular formula is C11H15N7O3. The Morgan fingerprint density at radius 3 is 2.81 bits per heavy atom. The third-order valence-corrected chi connectivity index (χ3v) is 2.69. The number of nitrogens with one attached hydrogen (secondary N) is 3. The lowest BCUT2D eigenvalue weighted by Gasteiger charge is -2.05. The van der Waals surface area contributed by atoms with Crippen LogP contribution < -0.4 is 10.6 Å². The maximum atomic E-state index is 11.6. The number of aryl methyl sites for hydroxylation is 1. The van der Waals surface area contributed by atoms with Crippen LogP contribution in [0.25, 0.3) is 0 Å². The predicted molar refractivity (Wildman–Crippen MR) is 70.1 cm³/mol. The molecule has 0 saturated heterocycles. The largest absolute Gasteiger partial charge is 0.480 e. The van der Waals surface area contributed by atoms with Crippen molar-refractivity contribution in [1.29, 1.82) is 0 Å². The Balaban J connectivity index is 1.75. The first-order chi connectivity index (χ1) is 10.0. The number of aromatic nitrogens is 5. The maximum Gasteiger partial charge on any atom is 0.325 e. The second kappa shape index (κ2) is 6.50. The molecular weight excluding hydrogens is 278 g/mol. The van der Waals surface area contributed by atoms with Crippen molar-refractivity contribution >= 4 is 12.0 Å². The minimum absolute atomic E-state index is 0.163. The van der Waals surface area contributed by atoms with Crippen molar-refractivity contribution in [2.24, 2.45) is 0 Å². The summed E-state index contributed by atoms with van der Waals surface area (Å²) in [5.74, 6) is -1.01. The fourth-order valence-corrected chi connectivity index (χ4v) is 1.60. The fraction of sp³-hybridized carbons (Fsp3) is 0.364. The van der Waals surface area contributed by atoms with Crippen LogP contribution in [-0.4, -0.2) is 42.3 Å². The molecule has 2 aromatic rings. The van der Waals surface area contributed by atoms with Crippen LogP contribution in [0.1, 0.15) is 17.0 Å². The van der Waals surface area contributed by atoms with Crippen molar-refractivity contribution in [3.8, 4) is 0 Å². The van der Waals surface area contributed by atoms with Crippen LogP contribution in [0.5, 0.6) is 0 Å². The number of amides is 2. The third kappa shape index (κ3) is 4.30. The Morgan fingerprint density at radius 2 is 2.14 bits per heavy atom. The molecule has 2 amide bonds. The van der Waals surface area contributed by atoms with E-state index in [4.69, 9.17) is 5.11 Å². The molecule has 0 saturated carbocycles. The van der Waals surface area contributed by atoms with Gasteiger partial charge in [0.15, 0.2) is 0 Å². The minimum atomic E-state index is -1.01. The average Bonchev–Trinajstić information content (AvgIpc) is 3.02. The van der Waals surface area contributed by atoms with Gasteiger partial charge in [-0.25, -0.2) is 9.48 Å². The molecule has 0 spiro atoms. The van der Waals surface area contributed by atoms with E-state index in [0.29, 0.717) is 12.2 Å². The lowest BCUT2D eigenvalue weighted by atomic mass is 10.3. The quantitative estimate of drug-likeness (QED) is 0.560. The molecule has 0 bridgehead atoms. The van der Waals surface area contributed by atoms with Crippen molar-refractivity contribution in [2.45, 2.75) is 26.6 Å². The van der Waals surface area contributed by atoms with Gasteiger partial charge < -0.3 is 15.7 Å². The van der Waals surface area contributed by atoms with Gasteiger partial charge in [-0.05, 0) is 6.92 Å². The predicted octanol–water partition coefficient (Wildman–Crippen LogP) is -0.606. The number of carboxylic acid groups (broad SMARTS) is 1. The molecule has 2 heterocycles. The van der Waals surface area contributed by atoms with E-state index in [1.807, 2.05) is 6.92 Å². The van der Waals surface area contributed by atoms with Crippen LogP contribution >= 0.6 is 0 Å². The number of carbonyl (C=O) groups excluding carboxylic acids is 1. The zero-order valence-electron chi connectivity index (χ0n) is 11.3. The van der Waals surface area contributed by atoms with Gasteiger partial charge in [-0.2, -0.15) is 5.10 Å². The Labute approximate surface area is 119 Å². The summed E-state index contributed by atoms with van der Waals surface area (Å²) in [6.07, 6.45) is 3.11. The summed E-state index contributed by atoms with van der Waals surface area (Å²) in [5, 5.41) is 27.9. The van der Waals surface area contributed by atoms with Gasteiger partial charge >= 0.3 is 12.0 Å². The van der Waals surface area contributed by atoms with E-state index in [0.717, 1.165) is 11.3 Å². The highest BCUT2D eigenvalue weighted by Gasteiger charge is 2.07. The number of carboxylic acids is 1. The zero-order chi connectivity index (χ0) is 15.2. The zero-order valence-corrected chi connectivity index (χ0v) is 11.3. The highest BCUT2D eigenvalue weighted by atomic mass is 16.4. The smallest absolute Gasteiger partial charge is 0.325 e. The number of aliphatic carboxylic acids is 1. The molecule has 0 aromatic carbocycles. The van der Waals surface area contributed by atoms with Gasteiger partial charge in [0, 0.05) is 17.8 Å². The lowest BCUT2D eigenvalue weighted by molar-refractivity contribution is -0.137. The topological polar surface area (TPSA) is 138 Å². The van der Waals surface area contributed by atoms with Crippen LogP contribution in [0, 0.1) is 6.92 Å². The summed E-state index contributed by atoms with van der Waals surface area (Å²) < 4.78 is 1.19. The van der Waals surface area contributed by atoms with Crippen molar-refractivity contribution in [3.63, 3.8) is 0 Å². The number of hydrogen-bond donors (Lipinski definition) is 4. The van der Waals surface area contributed by atoms with Gasteiger partial charge in [-0.1, -0.05) is 5.21 Å². The molecule has 0 aliphatic rings. The average molecular weight is 293 g/mol. The number of rotatable bonds is 6. The molecule has 2 rings (SSSR count). The number of urea groups is 1. The molecule has 0 atom stereocenters. The van der Waals surface area contributed by atoms with Crippen LogP contribution in [0.3, 0.4) is 0 Å². The number of nitrogens with zero attached hydrogens (tertiary/aromatic N) is 4. The summed E-state index contributed by atoms with van der Waals surface area (Å²) in [6.45, 7) is 2.12. The number of hydrogen-bond acceptors (Lipinski definition) is 5. The number of H-pyrrole nitrogens is 1. The van der Waals surface area contributed by atoms with Gasteiger partial charge in [0.05, 0.1) is 18.9 Å². The lowest BCUT2D eigenvalue weighted by Crippen LogP contribution is -2.34. The monoisotopic (exact) mass is 293 g/mol. The Hall–Kier alpha value is -2.91. The van der Waals surface area contributed by atoms with Gasteiger partial charge in [0.25, 0.3) is 0 Å². The van der Waals surface area contributed by atoms with Gasteiger partial charge in [-0.15, -0.1) is 5.10 Å². The first-order valence-corrected chi connectivity index (χ1v) is 6.16. The molecule has 0 unspecified atom stereocenters. The van der Waals surface area contributed by atoms with E-state index < -0.39 is 5.97 Å². The molecule has 10 heteroatoms. The molecule has 0 radical (unpaired) electrons. The standard InChI is InChI=1S/C11H15N7O3/c1-7-8(3-14-15-7)2-12-11(21)13-4-9-5-18(17-16-9)6-10(19)20/h3,5H,2,4,6H2,1H3,(H,14,15)(H,19,20)(H2,12,13,21). The van der Waals surface area contributed by atoms with E-state index in [9.17, 15) is 9.59 Å². The Morgan fingerprint density at radius 1 is 1.38 bits per heavy atom. The molecule has 2 aromatic heterocycles. The molecule has 4 N–H and O–H groups in total. The van der Waals surface area contributed by atoms with E-state index in [2.05, 4.69) is 31.1 Å². The summed E-state index contributed by atoms with van der Waals surface area (Å²) >= 11 is 0. The van der Waals surface area contributed by atoms with Crippen molar-refractivity contribution in [3.05, 3.63) is 29.3 Å². The van der Waals surface area contributed by atoms with Gasteiger partial charge in [0.2, 0.25) is 0 Å². The second-order valence-corrected chi connectivity index (χ2v) is 4.36. The highest BCUT2D eigenvalue weighted by Crippen LogP contribution is 2.01. The van der Waals surface area contributed by atoms with Crippen LogP contribution in [0.2, 0.25) is 0 Å². The third-order valence-electron chi connectivity index (χ3n) is 2.69. The molecule has 21 heavy (non-hydrogen) atoms. The molecule has 0 fully saturated rings. The SMILES string of the molecule is Cc1[nH]ncc1CNC(=O)NCc1cn(CC(=O)O)nn1. The molecule has 0 aliphatic carbocycles. The molecule has 112 valence electrons. The Kier molecular flexibility index (Phi) is 4.49. The summed E-state index contributed by atoms with van der Waals surface area (Å²) in [5.41, 5.74) is 2.27. The van der Waals surface area contributed by atoms with E-state index >= 15 is 0 Å². The first-order valence-electron chi connectivity index (χ1n) is 6.16. The van der Waals surface area contributed by atoms with Crippen molar-refractivity contribution < 1.29 is 14.7 Å². The summed E-state index contributed by atoms with van der Waals surface area (Å²) in [4.78, 5) is 22.1. The van der Waals surface area contributed by atoms with Crippen molar-refractivity contribution in [1.82, 2.24) is 35.8 Å². The summed E-state index contributed by atoms with van der Waals surface area (Å²) in [6, 6.07) is -0.358. The first kappa shape index (κ1) is 14.5. The fourth-order valence-electron chi connectivity index (χ4n) is 1.60. The van der Waals surface area contributed by atoms with E-state index in [1.165, 1.54) is 10.9 Å². The molecule has 0 aliphatic heterocycles. The second-order valence-electron chi connectivity index (χ2n) is 4.36. The Bertz CT molecular complexity index is 633. The van der Waals surface area contributed by atoms with Crippen LogP contribution in [0.4, 0.5) is 4.79 Å². The minimum Gasteiger partial charge on any atom is -0.480 e. The van der Waals surface area contributed by atoms with Crippen LogP contribution in [0.15, 0.2) is 12.4 Å². The number of carbonyl (C=O) groups is 2. The van der Waals surface area contributed by atoms with E-state index in [-0.39, 0.29) is 19.1 Å². The number of aromatic amines is 1. The normalized spacial score (nSPS) is 10.3. The van der Waals surface area contributed by atoms with Gasteiger partial charge in [0.1, 0.15) is 12.2 Å². The highest BCUT2D eigenvalue weighted by molar-refractivity contribution is 5.73. The van der Waals surface area contributed by atoms with E-state index in [1.54, 1.807) is 6.20 Å². The maximum absolute atomic E-state index is 11.6. The summed E-state index contributed by atoms with van der Waals surface area (Å²) in [7, 11) is 0. The van der Waals surface area contributed by atoms with Gasteiger partial charge in [-0.3, -0.25) is 9.89 Å². The van der Waals surface area contributed by atoms with Crippen molar-refractivity contribution in [2.75, 3.05) is 0 Å².